The normalized spacial score (nSPS) is 13.4. The molecule has 1 aliphatic rings. The van der Waals surface area contributed by atoms with Crippen molar-refractivity contribution in [2.45, 2.75) is 59.2 Å². The molecule has 0 unspecified atom stereocenters. The molecule has 9 heteroatoms. The van der Waals surface area contributed by atoms with Crippen LogP contribution in [0.4, 0.5) is 10.6 Å². The first-order valence-corrected chi connectivity index (χ1v) is 11.8. The maximum atomic E-state index is 12.4. The molecule has 0 bridgehead atoms. The first kappa shape index (κ1) is 25.0. The Hall–Kier alpha value is -4.14. The van der Waals surface area contributed by atoms with E-state index in [0.29, 0.717) is 36.5 Å². The molecule has 1 aromatic carbocycles. The number of fused-ring (bicyclic) bond motifs is 2. The molecule has 3 heterocycles. The molecule has 0 saturated carbocycles. The standard InChI is InChI=1S/C27H30N4O5/c1-16-20-8-5-18(14-30-26(34)36-27(2,3)4)12-21(20)35-22(16)15-28-23(32)9-6-17-11-19-7-10-24(33)31-25(19)29-13-17/h5-6,8-9,11-13H,7,10,14-15H2,1-4H3,(H,28,32)(H,30,34)(H,29,31,33)/b9-6+. The van der Waals surface area contributed by atoms with Gasteiger partial charge in [-0.3, -0.25) is 9.59 Å². The summed E-state index contributed by atoms with van der Waals surface area (Å²) >= 11 is 0. The number of furan rings is 1. The van der Waals surface area contributed by atoms with Gasteiger partial charge in [0.25, 0.3) is 0 Å². The van der Waals surface area contributed by atoms with Crippen LogP contribution < -0.4 is 16.0 Å². The van der Waals surface area contributed by atoms with Crippen LogP contribution in [-0.4, -0.2) is 28.5 Å². The summed E-state index contributed by atoms with van der Waals surface area (Å²) in [5.74, 6) is 0.947. The molecule has 0 saturated heterocycles. The second kappa shape index (κ2) is 10.2. The number of anilines is 1. The highest BCUT2D eigenvalue weighted by atomic mass is 16.6. The summed E-state index contributed by atoms with van der Waals surface area (Å²) in [7, 11) is 0. The number of carbonyl (C=O) groups is 3. The van der Waals surface area contributed by atoms with E-state index in [9.17, 15) is 14.4 Å². The summed E-state index contributed by atoms with van der Waals surface area (Å²) in [5.41, 5.74) is 3.68. The van der Waals surface area contributed by atoms with Gasteiger partial charge in [-0.05, 0) is 69.0 Å². The number of carbonyl (C=O) groups excluding carboxylic acids is 3. The van der Waals surface area contributed by atoms with Gasteiger partial charge >= 0.3 is 6.09 Å². The van der Waals surface area contributed by atoms with E-state index in [4.69, 9.17) is 9.15 Å². The minimum atomic E-state index is -0.558. The van der Waals surface area contributed by atoms with E-state index in [1.165, 1.54) is 6.08 Å². The average molecular weight is 491 g/mol. The Morgan fingerprint density at radius 3 is 2.75 bits per heavy atom. The highest BCUT2D eigenvalue weighted by Gasteiger charge is 2.17. The third kappa shape index (κ3) is 6.29. The fraction of sp³-hybridized carbons (Fsp3) is 0.333. The van der Waals surface area contributed by atoms with Crippen molar-refractivity contribution in [1.29, 1.82) is 0 Å². The first-order chi connectivity index (χ1) is 17.1. The average Bonchev–Trinajstić information content (AvgIpc) is 3.13. The van der Waals surface area contributed by atoms with Gasteiger partial charge in [0, 0.05) is 36.2 Å². The molecule has 0 fully saturated rings. The molecular weight excluding hydrogens is 460 g/mol. The summed E-state index contributed by atoms with van der Waals surface area (Å²) in [6.45, 7) is 7.93. The van der Waals surface area contributed by atoms with E-state index in [-0.39, 0.29) is 18.4 Å². The number of ether oxygens (including phenoxy) is 1. The van der Waals surface area contributed by atoms with Crippen molar-refractivity contribution in [1.82, 2.24) is 15.6 Å². The van der Waals surface area contributed by atoms with Gasteiger partial charge in [-0.15, -0.1) is 0 Å². The lowest BCUT2D eigenvalue weighted by atomic mass is 10.0. The first-order valence-electron chi connectivity index (χ1n) is 11.8. The van der Waals surface area contributed by atoms with Gasteiger partial charge < -0.3 is 25.1 Å². The number of hydrogen-bond donors (Lipinski definition) is 3. The topological polar surface area (TPSA) is 123 Å². The lowest BCUT2D eigenvalue weighted by Crippen LogP contribution is -2.32. The van der Waals surface area contributed by atoms with Crippen molar-refractivity contribution in [2.24, 2.45) is 0 Å². The number of nitrogens with zero attached hydrogens (tertiary/aromatic N) is 1. The van der Waals surface area contributed by atoms with Crippen LogP contribution in [0.1, 0.15) is 55.2 Å². The smallest absolute Gasteiger partial charge is 0.407 e. The SMILES string of the molecule is Cc1c(CNC(=O)/C=C/c2cnc3c(c2)CCC(=O)N3)oc2cc(CNC(=O)OC(C)(C)C)ccc12. The van der Waals surface area contributed by atoms with Crippen molar-refractivity contribution in [2.75, 3.05) is 5.32 Å². The molecule has 3 N–H and O–H groups in total. The molecule has 36 heavy (non-hydrogen) atoms. The Morgan fingerprint density at radius 1 is 1.17 bits per heavy atom. The fourth-order valence-corrected chi connectivity index (χ4v) is 3.85. The van der Waals surface area contributed by atoms with Crippen LogP contribution in [0.15, 0.2) is 41.0 Å². The number of rotatable bonds is 6. The molecule has 0 radical (unpaired) electrons. The van der Waals surface area contributed by atoms with Crippen molar-refractivity contribution in [3.05, 3.63) is 64.6 Å². The van der Waals surface area contributed by atoms with Crippen LogP contribution in [-0.2, 0) is 33.8 Å². The van der Waals surface area contributed by atoms with E-state index < -0.39 is 11.7 Å². The number of alkyl carbamates (subject to hydrolysis) is 1. The largest absolute Gasteiger partial charge is 0.459 e. The molecule has 0 atom stereocenters. The van der Waals surface area contributed by atoms with Crippen molar-refractivity contribution in [3.63, 3.8) is 0 Å². The van der Waals surface area contributed by atoms with Gasteiger partial charge in [-0.25, -0.2) is 9.78 Å². The van der Waals surface area contributed by atoms with Gasteiger partial charge in [-0.2, -0.15) is 0 Å². The predicted octanol–water partition coefficient (Wildman–Crippen LogP) is 4.38. The lowest BCUT2D eigenvalue weighted by molar-refractivity contribution is -0.117. The molecule has 3 amide bonds. The maximum Gasteiger partial charge on any atom is 0.407 e. The highest BCUT2D eigenvalue weighted by molar-refractivity contribution is 5.94. The summed E-state index contributed by atoms with van der Waals surface area (Å²) < 4.78 is 11.2. The zero-order valence-electron chi connectivity index (χ0n) is 20.9. The third-order valence-electron chi connectivity index (χ3n) is 5.65. The number of nitrogens with one attached hydrogen (secondary N) is 3. The number of hydrogen-bond acceptors (Lipinski definition) is 6. The van der Waals surface area contributed by atoms with Crippen molar-refractivity contribution >= 4 is 40.8 Å². The van der Waals surface area contributed by atoms with Crippen molar-refractivity contribution in [3.8, 4) is 0 Å². The van der Waals surface area contributed by atoms with Crippen LogP contribution in [0.5, 0.6) is 0 Å². The van der Waals surface area contributed by atoms with Crippen LogP contribution in [0.2, 0.25) is 0 Å². The van der Waals surface area contributed by atoms with Gasteiger partial charge in [0.05, 0.1) is 6.54 Å². The Balaban J connectivity index is 1.34. The molecule has 0 spiro atoms. The van der Waals surface area contributed by atoms with Gasteiger partial charge in [0.1, 0.15) is 22.8 Å². The predicted molar refractivity (Wildman–Crippen MR) is 136 cm³/mol. The summed E-state index contributed by atoms with van der Waals surface area (Å²) in [4.78, 5) is 40.0. The van der Waals surface area contributed by atoms with Crippen molar-refractivity contribution < 1.29 is 23.5 Å². The van der Waals surface area contributed by atoms with E-state index in [1.807, 2.05) is 52.0 Å². The molecule has 188 valence electrons. The van der Waals surface area contributed by atoms with E-state index >= 15 is 0 Å². The summed E-state index contributed by atoms with van der Waals surface area (Å²) in [5, 5.41) is 9.27. The Bertz CT molecular complexity index is 1350. The Labute approximate surface area is 209 Å². The van der Waals surface area contributed by atoms with Gasteiger partial charge in [0.15, 0.2) is 0 Å². The third-order valence-corrected chi connectivity index (χ3v) is 5.65. The Morgan fingerprint density at radius 2 is 1.97 bits per heavy atom. The van der Waals surface area contributed by atoms with Crippen LogP contribution in [0, 0.1) is 6.92 Å². The maximum absolute atomic E-state index is 12.4. The molecule has 4 rings (SSSR count). The summed E-state index contributed by atoms with van der Waals surface area (Å²) in [6, 6.07) is 7.66. The fourth-order valence-electron chi connectivity index (χ4n) is 3.85. The number of amides is 3. The molecule has 2 aromatic heterocycles. The second-order valence-corrected chi connectivity index (χ2v) is 9.71. The van der Waals surface area contributed by atoms with Gasteiger partial charge in [0.2, 0.25) is 11.8 Å². The van der Waals surface area contributed by atoms with E-state index in [0.717, 1.165) is 27.6 Å². The number of aryl methyl sites for hydroxylation is 2. The molecule has 0 aliphatic carbocycles. The van der Waals surface area contributed by atoms with E-state index in [1.54, 1.807) is 12.3 Å². The number of pyridine rings is 1. The molecule has 3 aromatic rings. The molecular formula is C27H30N4O5. The summed E-state index contributed by atoms with van der Waals surface area (Å²) in [6.07, 6.45) is 5.34. The quantitative estimate of drug-likeness (QED) is 0.441. The lowest BCUT2D eigenvalue weighted by Gasteiger charge is -2.19. The molecule has 1 aliphatic heterocycles. The van der Waals surface area contributed by atoms with Gasteiger partial charge in [-0.1, -0.05) is 12.1 Å². The van der Waals surface area contributed by atoms with Crippen LogP contribution in [0.25, 0.3) is 17.0 Å². The van der Waals surface area contributed by atoms with E-state index in [2.05, 4.69) is 20.9 Å². The number of benzene rings is 1. The second-order valence-electron chi connectivity index (χ2n) is 9.71. The van der Waals surface area contributed by atoms with Crippen LogP contribution >= 0.6 is 0 Å². The van der Waals surface area contributed by atoms with Crippen LogP contribution in [0.3, 0.4) is 0 Å². The zero-order chi connectivity index (χ0) is 25.9. The minimum absolute atomic E-state index is 0.0350. The number of aromatic nitrogens is 1. The molecule has 9 nitrogen and oxygen atoms in total. The zero-order valence-corrected chi connectivity index (χ0v) is 20.9. The minimum Gasteiger partial charge on any atom is -0.459 e. The monoisotopic (exact) mass is 490 g/mol. The Kier molecular flexibility index (Phi) is 7.10. The highest BCUT2D eigenvalue weighted by Crippen LogP contribution is 2.26.